The molecule has 0 saturated heterocycles. The predicted octanol–water partition coefficient (Wildman–Crippen LogP) is 5.58. The van der Waals surface area contributed by atoms with Crippen molar-refractivity contribution in [3.63, 3.8) is 0 Å². The fourth-order valence-corrected chi connectivity index (χ4v) is 3.62. The molecule has 5 nitrogen and oxygen atoms in total. The third kappa shape index (κ3) is 3.90. The van der Waals surface area contributed by atoms with Gasteiger partial charge in [-0.25, -0.2) is 9.97 Å². The molecule has 1 heterocycles. The van der Waals surface area contributed by atoms with Gasteiger partial charge in [-0.15, -0.1) is 0 Å². The Balaban J connectivity index is 1.69. The molecule has 4 aromatic rings. The Bertz CT molecular complexity index is 1170. The molecule has 0 unspecified atom stereocenters. The van der Waals surface area contributed by atoms with E-state index in [2.05, 4.69) is 52.7 Å². The lowest BCUT2D eigenvalue weighted by atomic mass is 10.1. The van der Waals surface area contributed by atoms with E-state index in [-0.39, 0.29) is 5.91 Å². The molecular formula is C21H14Br2N4O. The summed E-state index contributed by atoms with van der Waals surface area (Å²) in [6, 6.07) is 22.9. The first-order valence-electron chi connectivity index (χ1n) is 8.45. The maximum absolute atomic E-state index is 12.4. The molecule has 0 saturated carbocycles. The van der Waals surface area contributed by atoms with Gasteiger partial charge >= 0.3 is 0 Å². The van der Waals surface area contributed by atoms with Crippen LogP contribution in [0, 0.1) is 0 Å². The van der Waals surface area contributed by atoms with Gasteiger partial charge in [0.05, 0.1) is 16.8 Å². The van der Waals surface area contributed by atoms with Crippen LogP contribution in [0.1, 0.15) is 10.4 Å². The number of amides is 1. The fraction of sp³-hybridized carbons (Fsp3) is 0. The normalized spacial score (nSPS) is 10.6. The SMILES string of the molecule is O=C(NNc1nc(-c2ccccc2)c2cc(Br)ccc2n1)c1ccccc1Br. The van der Waals surface area contributed by atoms with Gasteiger partial charge in [0.15, 0.2) is 0 Å². The molecule has 0 bridgehead atoms. The number of aromatic nitrogens is 2. The molecule has 0 radical (unpaired) electrons. The molecule has 0 fully saturated rings. The highest BCUT2D eigenvalue weighted by molar-refractivity contribution is 9.10. The summed E-state index contributed by atoms with van der Waals surface area (Å²) < 4.78 is 1.66. The second kappa shape index (κ2) is 8.08. The molecule has 0 aliphatic heterocycles. The highest BCUT2D eigenvalue weighted by atomic mass is 79.9. The van der Waals surface area contributed by atoms with E-state index in [0.717, 1.165) is 26.6 Å². The van der Waals surface area contributed by atoms with Gasteiger partial charge in [-0.05, 0) is 46.3 Å². The van der Waals surface area contributed by atoms with Crippen molar-refractivity contribution < 1.29 is 4.79 Å². The topological polar surface area (TPSA) is 66.9 Å². The largest absolute Gasteiger partial charge is 0.270 e. The molecule has 2 N–H and O–H groups in total. The quantitative estimate of drug-likeness (QED) is 0.361. The number of nitrogens with one attached hydrogen (secondary N) is 2. The van der Waals surface area contributed by atoms with Crippen LogP contribution in [0.15, 0.2) is 81.7 Å². The number of hydrazine groups is 1. The van der Waals surface area contributed by atoms with Crippen LogP contribution in [0.4, 0.5) is 5.95 Å². The molecule has 0 aliphatic carbocycles. The average molecular weight is 498 g/mol. The minimum absolute atomic E-state index is 0.284. The number of hydrogen-bond donors (Lipinski definition) is 2. The second-order valence-corrected chi connectivity index (χ2v) is 7.75. The Morgan fingerprint density at radius 3 is 2.39 bits per heavy atom. The van der Waals surface area contributed by atoms with Crippen LogP contribution in [-0.4, -0.2) is 15.9 Å². The van der Waals surface area contributed by atoms with Gasteiger partial charge < -0.3 is 0 Å². The lowest BCUT2D eigenvalue weighted by molar-refractivity contribution is 0.0961. The van der Waals surface area contributed by atoms with Gasteiger partial charge in [0.1, 0.15) is 0 Å². The van der Waals surface area contributed by atoms with Crippen LogP contribution >= 0.6 is 31.9 Å². The van der Waals surface area contributed by atoms with Gasteiger partial charge in [-0.2, -0.15) is 0 Å². The monoisotopic (exact) mass is 496 g/mol. The molecule has 1 amide bonds. The van der Waals surface area contributed by atoms with Gasteiger partial charge in [0.2, 0.25) is 5.95 Å². The van der Waals surface area contributed by atoms with Crippen molar-refractivity contribution in [1.29, 1.82) is 0 Å². The molecule has 7 heteroatoms. The molecular weight excluding hydrogens is 484 g/mol. The number of halogens is 2. The van der Waals surface area contributed by atoms with E-state index in [4.69, 9.17) is 0 Å². The Labute approximate surface area is 178 Å². The first-order chi connectivity index (χ1) is 13.6. The summed E-state index contributed by atoms with van der Waals surface area (Å²) in [6.45, 7) is 0. The summed E-state index contributed by atoms with van der Waals surface area (Å²) in [7, 11) is 0. The molecule has 3 aromatic carbocycles. The molecule has 0 aliphatic rings. The zero-order valence-corrected chi connectivity index (χ0v) is 17.7. The smallest absolute Gasteiger partial charge is 0.267 e. The maximum Gasteiger partial charge on any atom is 0.270 e. The van der Waals surface area contributed by atoms with Crippen LogP contribution in [0.2, 0.25) is 0 Å². The number of benzene rings is 3. The van der Waals surface area contributed by atoms with Gasteiger partial charge in [0, 0.05) is 19.9 Å². The standard InChI is InChI=1S/C21H14Br2N4O/c22-14-10-11-18-16(12-14)19(13-6-2-1-3-7-13)25-21(24-18)27-26-20(28)15-8-4-5-9-17(15)23/h1-12H,(H,26,28)(H,24,25,27). The van der Waals surface area contributed by atoms with Crippen molar-refractivity contribution in [3.05, 3.63) is 87.3 Å². The third-order valence-corrected chi connectivity index (χ3v) is 5.30. The van der Waals surface area contributed by atoms with Crippen LogP contribution < -0.4 is 10.9 Å². The Morgan fingerprint density at radius 1 is 0.857 bits per heavy atom. The van der Waals surface area contributed by atoms with E-state index in [0.29, 0.717) is 16.0 Å². The minimum atomic E-state index is -0.284. The van der Waals surface area contributed by atoms with Gasteiger partial charge in [-0.1, -0.05) is 58.4 Å². The predicted molar refractivity (Wildman–Crippen MR) is 118 cm³/mol. The summed E-state index contributed by atoms with van der Waals surface area (Å²) in [5.41, 5.74) is 8.53. The Morgan fingerprint density at radius 2 is 1.61 bits per heavy atom. The lowest BCUT2D eigenvalue weighted by Gasteiger charge is -2.12. The summed E-state index contributed by atoms with van der Waals surface area (Å²) in [4.78, 5) is 21.6. The summed E-state index contributed by atoms with van der Waals surface area (Å²) >= 11 is 6.89. The van der Waals surface area contributed by atoms with Crippen LogP contribution in [0.25, 0.3) is 22.2 Å². The van der Waals surface area contributed by atoms with Crippen molar-refractivity contribution in [2.24, 2.45) is 0 Å². The number of rotatable bonds is 4. The zero-order chi connectivity index (χ0) is 19.5. The number of nitrogens with zero attached hydrogens (tertiary/aromatic N) is 2. The van der Waals surface area contributed by atoms with E-state index in [1.54, 1.807) is 12.1 Å². The summed E-state index contributed by atoms with van der Waals surface area (Å²) in [5.74, 6) is 0.0299. The molecule has 28 heavy (non-hydrogen) atoms. The molecule has 0 atom stereocenters. The van der Waals surface area contributed by atoms with E-state index in [9.17, 15) is 4.79 Å². The lowest BCUT2D eigenvalue weighted by Crippen LogP contribution is -2.30. The first kappa shape index (κ1) is 18.6. The second-order valence-electron chi connectivity index (χ2n) is 5.98. The van der Waals surface area contributed by atoms with Gasteiger partial charge in [0.25, 0.3) is 5.91 Å². The van der Waals surface area contributed by atoms with E-state index >= 15 is 0 Å². The Hall–Kier alpha value is -2.77. The van der Waals surface area contributed by atoms with Crippen molar-refractivity contribution >= 4 is 54.6 Å². The molecule has 0 spiro atoms. The maximum atomic E-state index is 12.4. The van der Waals surface area contributed by atoms with E-state index < -0.39 is 0 Å². The van der Waals surface area contributed by atoms with Crippen molar-refractivity contribution in [1.82, 2.24) is 15.4 Å². The number of anilines is 1. The number of fused-ring (bicyclic) bond motifs is 1. The van der Waals surface area contributed by atoms with Crippen molar-refractivity contribution in [3.8, 4) is 11.3 Å². The third-order valence-electron chi connectivity index (χ3n) is 4.11. The van der Waals surface area contributed by atoms with Gasteiger partial charge in [-0.3, -0.25) is 15.6 Å². The Kier molecular flexibility index (Phi) is 5.36. The molecule has 4 rings (SSSR count). The highest BCUT2D eigenvalue weighted by Gasteiger charge is 2.12. The molecule has 1 aromatic heterocycles. The van der Waals surface area contributed by atoms with Crippen molar-refractivity contribution in [2.75, 3.05) is 5.43 Å². The van der Waals surface area contributed by atoms with Crippen LogP contribution in [-0.2, 0) is 0 Å². The summed E-state index contributed by atoms with van der Waals surface area (Å²) in [5, 5.41) is 0.920. The minimum Gasteiger partial charge on any atom is -0.267 e. The fourth-order valence-electron chi connectivity index (χ4n) is 2.80. The first-order valence-corrected chi connectivity index (χ1v) is 10.0. The van der Waals surface area contributed by atoms with Crippen LogP contribution in [0.3, 0.4) is 0 Å². The highest BCUT2D eigenvalue weighted by Crippen LogP contribution is 2.29. The van der Waals surface area contributed by atoms with E-state index in [1.807, 2.05) is 60.7 Å². The number of hydrogen-bond acceptors (Lipinski definition) is 4. The number of carbonyl (C=O) groups is 1. The number of carbonyl (C=O) groups excluding carboxylic acids is 1. The molecule has 138 valence electrons. The summed E-state index contributed by atoms with van der Waals surface area (Å²) in [6.07, 6.45) is 0. The average Bonchev–Trinajstić information content (AvgIpc) is 2.72. The van der Waals surface area contributed by atoms with E-state index in [1.165, 1.54) is 0 Å². The zero-order valence-electron chi connectivity index (χ0n) is 14.5. The van der Waals surface area contributed by atoms with Crippen molar-refractivity contribution in [2.45, 2.75) is 0 Å². The van der Waals surface area contributed by atoms with Crippen LogP contribution in [0.5, 0.6) is 0 Å².